The minimum absolute atomic E-state index is 0.0463. The van der Waals surface area contributed by atoms with Gasteiger partial charge in [0.25, 0.3) is 0 Å². The van der Waals surface area contributed by atoms with E-state index in [9.17, 15) is 13.6 Å². The highest BCUT2D eigenvalue weighted by Crippen LogP contribution is 2.31. The predicted octanol–water partition coefficient (Wildman–Crippen LogP) is 4.91. The lowest BCUT2D eigenvalue weighted by atomic mass is 10.0. The molecule has 0 unspecified atom stereocenters. The zero-order valence-corrected chi connectivity index (χ0v) is 14.1. The third-order valence-corrected chi connectivity index (χ3v) is 3.95. The van der Waals surface area contributed by atoms with Crippen molar-refractivity contribution < 1.29 is 17.9 Å². The summed E-state index contributed by atoms with van der Waals surface area (Å²) in [6.07, 6.45) is 1.56. The first-order valence-electron chi connectivity index (χ1n) is 8.12. The highest BCUT2D eigenvalue weighted by molar-refractivity contribution is 5.87. The van der Waals surface area contributed by atoms with Gasteiger partial charge in [0.2, 0.25) is 0 Å². The van der Waals surface area contributed by atoms with E-state index in [1.165, 1.54) is 18.2 Å². The zero-order valence-electron chi connectivity index (χ0n) is 14.1. The number of hydrogen-bond donors (Lipinski definition) is 0. The van der Waals surface area contributed by atoms with Crippen LogP contribution in [0.25, 0.3) is 11.0 Å². The number of halogens is 2. The Hall–Kier alpha value is -2.69. The van der Waals surface area contributed by atoms with Crippen LogP contribution >= 0.6 is 0 Å². The summed E-state index contributed by atoms with van der Waals surface area (Å²) < 4.78 is 38.0. The van der Waals surface area contributed by atoms with E-state index in [1.807, 2.05) is 19.9 Å². The number of ether oxygens (including phenoxy) is 1. The second-order valence-corrected chi connectivity index (χ2v) is 6.00. The Morgan fingerprint density at radius 1 is 1.08 bits per heavy atom. The van der Waals surface area contributed by atoms with E-state index in [2.05, 4.69) is 0 Å². The quantitative estimate of drug-likeness (QED) is 0.617. The molecule has 1 heterocycles. The standard InChI is InChI=1S/C20H18F2O3/c1-3-4-13-9-19(23)25-18-8-12(2)7-17(20(13)18)24-11-14-5-6-15(21)10-16(14)22/h5-10H,3-4,11H2,1-2H3. The van der Waals surface area contributed by atoms with Gasteiger partial charge < -0.3 is 9.15 Å². The van der Waals surface area contributed by atoms with Crippen LogP contribution in [0.4, 0.5) is 8.78 Å². The van der Waals surface area contributed by atoms with Gasteiger partial charge in [0.05, 0.1) is 5.39 Å². The largest absolute Gasteiger partial charge is 0.488 e. The zero-order chi connectivity index (χ0) is 18.0. The van der Waals surface area contributed by atoms with Crippen LogP contribution in [0.5, 0.6) is 5.75 Å². The molecule has 1 aromatic heterocycles. The molecule has 0 fully saturated rings. The first kappa shape index (κ1) is 17.1. The van der Waals surface area contributed by atoms with Crippen molar-refractivity contribution in [3.05, 3.63) is 75.1 Å². The summed E-state index contributed by atoms with van der Waals surface area (Å²) >= 11 is 0. The molecule has 130 valence electrons. The Kier molecular flexibility index (Phi) is 4.83. The summed E-state index contributed by atoms with van der Waals surface area (Å²) in [6.45, 7) is 3.83. The summed E-state index contributed by atoms with van der Waals surface area (Å²) in [5, 5.41) is 0.717. The Morgan fingerprint density at radius 2 is 1.88 bits per heavy atom. The molecule has 0 saturated carbocycles. The molecule has 0 radical (unpaired) electrons. The monoisotopic (exact) mass is 344 g/mol. The Bertz CT molecular complexity index is 977. The van der Waals surface area contributed by atoms with Crippen LogP contribution in [0.2, 0.25) is 0 Å². The first-order chi connectivity index (χ1) is 12.0. The van der Waals surface area contributed by atoms with Crippen molar-refractivity contribution in [2.75, 3.05) is 0 Å². The van der Waals surface area contributed by atoms with Gasteiger partial charge >= 0.3 is 5.63 Å². The van der Waals surface area contributed by atoms with Gasteiger partial charge in [-0.1, -0.05) is 13.3 Å². The van der Waals surface area contributed by atoms with E-state index >= 15 is 0 Å². The summed E-state index contributed by atoms with van der Waals surface area (Å²) in [5.74, 6) is -0.766. The Balaban J connectivity index is 2.04. The van der Waals surface area contributed by atoms with E-state index in [0.29, 0.717) is 17.8 Å². The van der Waals surface area contributed by atoms with E-state index in [4.69, 9.17) is 9.15 Å². The van der Waals surface area contributed by atoms with Crippen LogP contribution in [0.1, 0.15) is 30.0 Å². The second kappa shape index (κ2) is 7.05. The highest BCUT2D eigenvalue weighted by Gasteiger charge is 2.13. The maximum absolute atomic E-state index is 13.8. The molecule has 5 heteroatoms. The Labute approximate surface area is 143 Å². The van der Waals surface area contributed by atoms with Crippen molar-refractivity contribution in [2.24, 2.45) is 0 Å². The normalized spacial score (nSPS) is 11.0. The van der Waals surface area contributed by atoms with E-state index < -0.39 is 17.3 Å². The van der Waals surface area contributed by atoms with Crippen LogP contribution in [0, 0.1) is 18.6 Å². The number of rotatable bonds is 5. The number of benzene rings is 2. The molecule has 0 aliphatic carbocycles. The van der Waals surface area contributed by atoms with E-state index in [0.717, 1.165) is 29.0 Å². The summed E-state index contributed by atoms with van der Waals surface area (Å²) in [6, 6.07) is 8.44. The molecule has 3 rings (SSSR count). The fourth-order valence-electron chi connectivity index (χ4n) is 2.84. The third kappa shape index (κ3) is 3.71. The van der Waals surface area contributed by atoms with Gasteiger partial charge in [0, 0.05) is 17.7 Å². The third-order valence-electron chi connectivity index (χ3n) is 3.95. The van der Waals surface area contributed by atoms with Crippen LogP contribution in [-0.4, -0.2) is 0 Å². The molecule has 0 bridgehead atoms. The molecular weight excluding hydrogens is 326 g/mol. The number of hydrogen-bond acceptors (Lipinski definition) is 3. The highest BCUT2D eigenvalue weighted by atomic mass is 19.1. The molecule has 0 aliphatic heterocycles. The van der Waals surface area contributed by atoms with E-state index in [-0.39, 0.29) is 12.2 Å². The van der Waals surface area contributed by atoms with Crippen LogP contribution < -0.4 is 10.4 Å². The molecule has 0 spiro atoms. The van der Waals surface area contributed by atoms with Crippen LogP contribution in [-0.2, 0) is 13.0 Å². The molecular formula is C20H18F2O3. The van der Waals surface area contributed by atoms with Crippen molar-refractivity contribution in [1.82, 2.24) is 0 Å². The fourth-order valence-corrected chi connectivity index (χ4v) is 2.84. The van der Waals surface area contributed by atoms with Gasteiger partial charge in [0.15, 0.2) is 0 Å². The lowest BCUT2D eigenvalue weighted by Gasteiger charge is -2.13. The van der Waals surface area contributed by atoms with Crippen molar-refractivity contribution in [3.63, 3.8) is 0 Å². The van der Waals surface area contributed by atoms with Crippen LogP contribution in [0.3, 0.4) is 0 Å². The van der Waals surface area contributed by atoms with Gasteiger partial charge in [-0.15, -0.1) is 0 Å². The molecule has 2 aromatic carbocycles. The fraction of sp³-hybridized carbons (Fsp3) is 0.250. The Morgan fingerprint density at radius 3 is 2.60 bits per heavy atom. The lowest BCUT2D eigenvalue weighted by Crippen LogP contribution is -2.04. The molecule has 0 aliphatic rings. The predicted molar refractivity (Wildman–Crippen MR) is 91.9 cm³/mol. The molecule has 25 heavy (non-hydrogen) atoms. The SMILES string of the molecule is CCCc1cc(=O)oc2cc(C)cc(OCc3ccc(F)cc3F)c12. The van der Waals surface area contributed by atoms with Crippen molar-refractivity contribution in [1.29, 1.82) is 0 Å². The smallest absolute Gasteiger partial charge is 0.336 e. The van der Waals surface area contributed by atoms with E-state index in [1.54, 1.807) is 6.07 Å². The summed E-state index contributed by atoms with van der Waals surface area (Å²) in [4.78, 5) is 11.8. The van der Waals surface area contributed by atoms with Gasteiger partial charge in [-0.25, -0.2) is 13.6 Å². The van der Waals surface area contributed by atoms with Gasteiger partial charge in [-0.3, -0.25) is 0 Å². The van der Waals surface area contributed by atoms with Crippen molar-refractivity contribution in [2.45, 2.75) is 33.3 Å². The number of fused-ring (bicyclic) bond motifs is 1. The summed E-state index contributed by atoms with van der Waals surface area (Å²) in [7, 11) is 0. The molecule has 0 amide bonds. The molecule has 0 saturated heterocycles. The molecule has 0 atom stereocenters. The molecule has 3 nitrogen and oxygen atoms in total. The maximum Gasteiger partial charge on any atom is 0.336 e. The van der Waals surface area contributed by atoms with Gasteiger partial charge in [0.1, 0.15) is 29.6 Å². The second-order valence-electron chi connectivity index (χ2n) is 6.00. The van der Waals surface area contributed by atoms with Crippen LogP contribution in [0.15, 0.2) is 45.6 Å². The van der Waals surface area contributed by atoms with Crippen molar-refractivity contribution in [3.8, 4) is 5.75 Å². The average Bonchev–Trinajstić information content (AvgIpc) is 2.53. The van der Waals surface area contributed by atoms with Crippen molar-refractivity contribution >= 4 is 11.0 Å². The van der Waals surface area contributed by atoms with Gasteiger partial charge in [-0.2, -0.15) is 0 Å². The maximum atomic E-state index is 13.8. The van der Waals surface area contributed by atoms with Gasteiger partial charge in [-0.05, 0) is 48.7 Å². The number of aryl methyl sites for hydroxylation is 2. The summed E-state index contributed by atoms with van der Waals surface area (Å²) in [5.41, 5.74) is 2.00. The first-order valence-corrected chi connectivity index (χ1v) is 8.12. The minimum atomic E-state index is -0.655. The minimum Gasteiger partial charge on any atom is -0.488 e. The molecule has 0 N–H and O–H groups in total. The average molecular weight is 344 g/mol. The topological polar surface area (TPSA) is 39.4 Å². The molecule has 3 aromatic rings. The lowest BCUT2D eigenvalue weighted by molar-refractivity contribution is 0.302.